The molecule has 6 heteroatoms. The van der Waals surface area contributed by atoms with E-state index < -0.39 is 6.03 Å². The summed E-state index contributed by atoms with van der Waals surface area (Å²) >= 11 is 0. The standard InChI is InChI=1S/C9H18N4O2/c1-6-3-13(4-7(6)10)5-8(14)12-9(15)11-2/h6-7H,3-5,10H2,1-2H3,(H2,11,12,14,15). The second-order valence-electron chi connectivity index (χ2n) is 3.96. The first-order valence-corrected chi connectivity index (χ1v) is 5.02. The first-order chi connectivity index (χ1) is 7.02. The Labute approximate surface area is 89.2 Å². The predicted molar refractivity (Wildman–Crippen MR) is 56.2 cm³/mol. The van der Waals surface area contributed by atoms with Gasteiger partial charge >= 0.3 is 6.03 Å². The largest absolute Gasteiger partial charge is 0.341 e. The summed E-state index contributed by atoms with van der Waals surface area (Å²) in [5, 5.41) is 4.54. The molecule has 0 bridgehead atoms. The SMILES string of the molecule is CNC(=O)NC(=O)CN1CC(C)C(N)C1. The molecular formula is C9H18N4O2. The average molecular weight is 214 g/mol. The molecule has 0 saturated carbocycles. The van der Waals surface area contributed by atoms with Gasteiger partial charge in [-0.2, -0.15) is 0 Å². The van der Waals surface area contributed by atoms with Gasteiger partial charge < -0.3 is 11.1 Å². The molecule has 0 aromatic carbocycles. The average Bonchev–Trinajstić information content (AvgIpc) is 2.45. The number of likely N-dealkylation sites (tertiary alicyclic amines) is 1. The minimum atomic E-state index is -0.475. The minimum absolute atomic E-state index is 0.123. The molecule has 15 heavy (non-hydrogen) atoms. The molecule has 2 unspecified atom stereocenters. The van der Waals surface area contributed by atoms with Crippen molar-refractivity contribution in [3.8, 4) is 0 Å². The van der Waals surface area contributed by atoms with Gasteiger partial charge in [0.2, 0.25) is 5.91 Å². The molecule has 1 rings (SSSR count). The molecule has 86 valence electrons. The third-order valence-electron chi connectivity index (χ3n) is 2.59. The summed E-state index contributed by atoms with van der Waals surface area (Å²) in [5.74, 6) is 0.105. The van der Waals surface area contributed by atoms with Crippen molar-refractivity contribution < 1.29 is 9.59 Å². The zero-order valence-corrected chi connectivity index (χ0v) is 9.12. The molecule has 0 radical (unpaired) electrons. The van der Waals surface area contributed by atoms with Gasteiger partial charge in [-0.25, -0.2) is 4.79 Å². The van der Waals surface area contributed by atoms with Crippen LogP contribution >= 0.6 is 0 Å². The maximum atomic E-state index is 11.3. The van der Waals surface area contributed by atoms with Gasteiger partial charge in [0.1, 0.15) is 0 Å². The Morgan fingerprint density at radius 3 is 2.60 bits per heavy atom. The highest BCUT2D eigenvalue weighted by Crippen LogP contribution is 2.13. The maximum Gasteiger partial charge on any atom is 0.321 e. The third-order valence-corrected chi connectivity index (χ3v) is 2.59. The van der Waals surface area contributed by atoms with E-state index in [9.17, 15) is 9.59 Å². The number of hydrogen-bond acceptors (Lipinski definition) is 4. The number of imide groups is 1. The van der Waals surface area contributed by atoms with Crippen LogP contribution in [0.3, 0.4) is 0 Å². The van der Waals surface area contributed by atoms with E-state index in [1.165, 1.54) is 7.05 Å². The number of nitrogens with one attached hydrogen (secondary N) is 2. The van der Waals surface area contributed by atoms with Crippen LogP contribution in [0.5, 0.6) is 0 Å². The lowest BCUT2D eigenvalue weighted by Crippen LogP contribution is -2.43. The van der Waals surface area contributed by atoms with E-state index in [1.54, 1.807) is 0 Å². The number of carbonyl (C=O) groups excluding carboxylic acids is 2. The first-order valence-electron chi connectivity index (χ1n) is 5.02. The summed E-state index contributed by atoms with van der Waals surface area (Å²) in [6.07, 6.45) is 0. The second kappa shape index (κ2) is 5.09. The Balaban J connectivity index is 2.30. The van der Waals surface area contributed by atoms with Crippen molar-refractivity contribution in [1.82, 2.24) is 15.5 Å². The van der Waals surface area contributed by atoms with Crippen LogP contribution in [-0.4, -0.2) is 49.6 Å². The second-order valence-corrected chi connectivity index (χ2v) is 3.96. The lowest BCUT2D eigenvalue weighted by atomic mass is 10.1. The van der Waals surface area contributed by atoms with Crippen LogP contribution in [0.1, 0.15) is 6.92 Å². The maximum absolute atomic E-state index is 11.3. The quantitative estimate of drug-likeness (QED) is 0.534. The van der Waals surface area contributed by atoms with Gasteiger partial charge in [0, 0.05) is 26.2 Å². The summed E-state index contributed by atoms with van der Waals surface area (Å²) in [5.41, 5.74) is 5.82. The molecule has 6 nitrogen and oxygen atoms in total. The van der Waals surface area contributed by atoms with Crippen molar-refractivity contribution in [3.05, 3.63) is 0 Å². The van der Waals surface area contributed by atoms with E-state index in [0.717, 1.165) is 6.54 Å². The smallest absolute Gasteiger partial charge is 0.321 e. The van der Waals surface area contributed by atoms with E-state index in [2.05, 4.69) is 17.6 Å². The molecule has 0 spiro atoms. The number of nitrogens with zero attached hydrogens (tertiary/aromatic N) is 1. The van der Waals surface area contributed by atoms with Crippen molar-refractivity contribution >= 4 is 11.9 Å². The third kappa shape index (κ3) is 3.49. The zero-order valence-electron chi connectivity index (χ0n) is 9.12. The van der Waals surface area contributed by atoms with Crippen LogP contribution in [-0.2, 0) is 4.79 Å². The van der Waals surface area contributed by atoms with E-state index in [-0.39, 0.29) is 18.5 Å². The topological polar surface area (TPSA) is 87.5 Å². The van der Waals surface area contributed by atoms with Crippen LogP contribution in [0.2, 0.25) is 0 Å². The van der Waals surface area contributed by atoms with E-state index >= 15 is 0 Å². The molecule has 4 N–H and O–H groups in total. The lowest BCUT2D eigenvalue weighted by Gasteiger charge is -2.13. The van der Waals surface area contributed by atoms with Crippen molar-refractivity contribution in [2.24, 2.45) is 11.7 Å². The van der Waals surface area contributed by atoms with E-state index in [1.807, 2.05) is 4.90 Å². The predicted octanol–water partition coefficient (Wildman–Crippen LogP) is -1.28. The molecule has 0 aromatic rings. The molecule has 1 saturated heterocycles. The highest BCUT2D eigenvalue weighted by Gasteiger charge is 2.27. The number of carbonyl (C=O) groups is 2. The monoisotopic (exact) mass is 214 g/mol. The fraction of sp³-hybridized carbons (Fsp3) is 0.778. The number of rotatable bonds is 2. The fourth-order valence-electron chi connectivity index (χ4n) is 1.66. The van der Waals surface area contributed by atoms with Crippen molar-refractivity contribution in [3.63, 3.8) is 0 Å². The van der Waals surface area contributed by atoms with E-state index in [0.29, 0.717) is 12.5 Å². The summed E-state index contributed by atoms with van der Waals surface area (Å²) < 4.78 is 0. The fourth-order valence-corrected chi connectivity index (χ4v) is 1.66. The van der Waals surface area contributed by atoms with Crippen LogP contribution < -0.4 is 16.4 Å². The normalized spacial score (nSPS) is 26.3. The Bertz CT molecular complexity index is 246. The van der Waals surface area contributed by atoms with Gasteiger partial charge in [-0.3, -0.25) is 15.0 Å². The zero-order chi connectivity index (χ0) is 11.4. The van der Waals surface area contributed by atoms with Crippen LogP contribution in [0.15, 0.2) is 0 Å². The van der Waals surface area contributed by atoms with Crippen molar-refractivity contribution in [2.45, 2.75) is 13.0 Å². The molecule has 0 aromatic heterocycles. The highest BCUT2D eigenvalue weighted by atomic mass is 16.2. The number of nitrogens with two attached hydrogens (primary N) is 1. The molecule has 3 amide bonds. The van der Waals surface area contributed by atoms with Gasteiger partial charge in [-0.05, 0) is 5.92 Å². The van der Waals surface area contributed by atoms with Gasteiger partial charge in [0.15, 0.2) is 0 Å². The van der Waals surface area contributed by atoms with E-state index in [4.69, 9.17) is 5.73 Å². The molecule has 1 heterocycles. The summed E-state index contributed by atoms with van der Waals surface area (Å²) in [6, 6.07) is -0.352. The Kier molecular flexibility index (Phi) is 4.05. The molecule has 1 fully saturated rings. The molecule has 0 aliphatic carbocycles. The van der Waals surface area contributed by atoms with Crippen molar-refractivity contribution in [2.75, 3.05) is 26.7 Å². The minimum Gasteiger partial charge on any atom is -0.341 e. The molecular weight excluding hydrogens is 196 g/mol. The summed E-state index contributed by atoms with van der Waals surface area (Å²) in [4.78, 5) is 24.1. The Morgan fingerprint density at radius 1 is 1.47 bits per heavy atom. The summed E-state index contributed by atoms with van der Waals surface area (Å²) in [7, 11) is 1.47. The Morgan fingerprint density at radius 2 is 2.13 bits per heavy atom. The number of hydrogen-bond donors (Lipinski definition) is 3. The van der Waals surface area contributed by atoms with Gasteiger partial charge in [-0.1, -0.05) is 6.92 Å². The molecule has 1 aliphatic heterocycles. The van der Waals surface area contributed by atoms with Gasteiger partial charge in [0.05, 0.1) is 6.54 Å². The van der Waals surface area contributed by atoms with Gasteiger partial charge in [0.25, 0.3) is 0 Å². The number of amides is 3. The van der Waals surface area contributed by atoms with Crippen LogP contribution in [0, 0.1) is 5.92 Å². The summed E-state index contributed by atoms with van der Waals surface area (Å²) in [6.45, 7) is 3.80. The molecule has 1 aliphatic rings. The van der Waals surface area contributed by atoms with Crippen LogP contribution in [0.4, 0.5) is 4.79 Å². The number of urea groups is 1. The lowest BCUT2D eigenvalue weighted by molar-refractivity contribution is -0.120. The molecule has 2 atom stereocenters. The first kappa shape index (κ1) is 11.9. The Hall–Kier alpha value is -1.14. The van der Waals surface area contributed by atoms with Gasteiger partial charge in [-0.15, -0.1) is 0 Å². The highest BCUT2D eigenvalue weighted by molar-refractivity contribution is 5.95. The van der Waals surface area contributed by atoms with Crippen LogP contribution in [0.25, 0.3) is 0 Å². The van der Waals surface area contributed by atoms with Crippen molar-refractivity contribution in [1.29, 1.82) is 0 Å².